The second-order valence-corrected chi connectivity index (χ2v) is 21.7. The Balaban J connectivity index is 1.04. The smallest absolute Gasteiger partial charge is 0.0726 e. The van der Waals surface area contributed by atoms with Gasteiger partial charge >= 0.3 is 0 Å². The second-order valence-electron chi connectivity index (χ2n) is 20.6. The van der Waals surface area contributed by atoms with Crippen molar-refractivity contribution in [3.8, 4) is 33.4 Å². The van der Waals surface area contributed by atoms with E-state index in [0.29, 0.717) is 0 Å². The Morgan fingerprint density at radius 2 is 0.627 bits per heavy atom. The molecule has 0 radical (unpaired) electrons. The van der Waals surface area contributed by atoms with Crippen LogP contribution >= 0.6 is 11.3 Å². The molecule has 0 N–H and O–H groups in total. The highest BCUT2D eigenvalue weighted by Gasteiger charge is 2.52. The van der Waals surface area contributed by atoms with Crippen LogP contribution in [-0.2, 0) is 5.41 Å². The molecule has 2 heteroatoms. The molecular formula is C73H43NS. The summed E-state index contributed by atoms with van der Waals surface area (Å²) in [5.41, 5.74) is 15.7. The molecular weight excluding hydrogens is 923 g/mol. The summed E-state index contributed by atoms with van der Waals surface area (Å²) >= 11 is 1.88. The molecule has 1 nitrogen and oxygen atoms in total. The zero-order valence-corrected chi connectivity index (χ0v) is 41.5. The standard InChI is InChI=1S/C73H43NS/c1-3-21-51-47(17-1)49-19-5-7-23-53(49)62-40-45(34-36-55(51)62)74(46-35-37-56-52-22-4-2-18-48(52)50-20-6-8-24-54(50)63(56)41-46)70-43-69-64(42-61(70)44-33-38-72-65(39-44)60-28-12-16-32-71(60)75-72)59-27-11-15-31-68(59)73(69)66-29-13-9-25-57(66)58-26-10-14-30-67(58)73/h1-43H. The van der Waals surface area contributed by atoms with Gasteiger partial charge in [-0.3, -0.25) is 0 Å². The van der Waals surface area contributed by atoms with Crippen LogP contribution in [0.2, 0.25) is 0 Å². The topological polar surface area (TPSA) is 3.24 Å². The lowest BCUT2D eigenvalue weighted by Crippen LogP contribution is -2.26. The van der Waals surface area contributed by atoms with E-state index >= 15 is 0 Å². The van der Waals surface area contributed by atoms with Gasteiger partial charge in [-0.15, -0.1) is 11.3 Å². The fraction of sp³-hybridized carbons (Fsp3) is 0.0137. The monoisotopic (exact) mass is 965 g/mol. The molecule has 0 saturated heterocycles. The summed E-state index contributed by atoms with van der Waals surface area (Å²) in [6, 6.07) is 99.0. The molecule has 15 aromatic rings. The van der Waals surface area contributed by atoms with Gasteiger partial charge in [0.05, 0.1) is 11.1 Å². The third-order valence-corrected chi connectivity index (χ3v) is 18.2. The Morgan fingerprint density at radius 3 is 1.12 bits per heavy atom. The first-order chi connectivity index (χ1) is 37.2. The van der Waals surface area contributed by atoms with E-state index in [-0.39, 0.29) is 0 Å². The Bertz CT molecular complexity index is 4700. The summed E-state index contributed by atoms with van der Waals surface area (Å²) < 4.78 is 2.60. The van der Waals surface area contributed by atoms with Gasteiger partial charge in [-0.1, -0.05) is 206 Å². The first-order valence-electron chi connectivity index (χ1n) is 26.1. The van der Waals surface area contributed by atoms with Crippen molar-refractivity contribution in [2.24, 2.45) is 0 Å². The molecule has 1 spiro atoms. The summed E-state index contributed by atoms with van der Waals surface area (Å²) in [6.07, 6.45) is 0. The van der Waals surface area contributed by atoms with Gasteiger partial charge in [0.25, 0.3) is 0 Å². The van der Waals surface area contributed by atoms with Gasteiger partial charge < -0.3 is 4.90 Å². The van der Waals surface area contributed by atoms with Crippen molar-refractivity contribution in [3.63, 3.8) is 0 Å². The van der Waals surface area contributed by atoms with Gasteiger partial charge in [-0.2, -0.15) is 0 Å². The zero-order chi connectivity index (χ0) is 48.9. The molecule has 346 valence electrons. The lowest BCUT2D eigenvalue weighted by molar-refractivity contribution is 0.794. The van der Waals surface area contributed by atoms with Crippen molar-refractivity contribution in [1.29, 1.82) is 0 Å². The highest BCUT2D eigenvalue weighted by atomic mass is 32.1. The molecule has 0 fully saturated rings. The minimum absolute atomic E-state index is 0.539. The number of nitrogens with zero attached hydrogens (tertiary/aromatic N) is 1. The summed E-state index contributed by atoms with van der Waals surface area (Å²) in [7, 11) is 0. The van der Waals surface area contributed by atoms with Gasteiger partial charge in [-0.05, 0) is 169 Å². The van der Waals surface area contributed by atoms with Crippen LogP contribution < -0.4 is 4.90 Å². The molecule has 0 amide bonds. The molecule has 17 rings (SSSR count). The predicted octanol–water partition coefficient (Wildman–Crippen LogP) is 20.5. The van der Waals surface area contributed by atoms with Crippen molar-refractivity contribution < 1.29 is 0 Å². The third kappa shape index (κ3) is 5.56. The van der Waals surface area contributed by atoms with Crippen LogP contribution in [0.5, 0.6) is 0 Å². The molecule has 2 aliphatic rings. The minimum Gasteiger partial charge on any atom is -0.310 e. The maximum Gasteiger partial charge on any atom is 0.0726 e. The van der Waals surface area contributed by atoms with E-state index in [4.69, 9.17) is 0 Å². The van der Waals surface area contributed by atoms with Crippen molar-refractivity contribution >= 4 is 113 Å². The van der Waals surface area contributed by atoms with Crippen molar-refractivity contribution in [3.05, 3.63) is 283 Å². The summed E-state index contributed by atoms with van der Waals surface area (Å²) in [6.45, 7) is 0. The third-order valence-electron chi connectivity index (χ3n) is 17.0. The first kappa shape index (κ1) is 41.2. The number of anilines is 3. The van der Waals surface area contributed by atoms with Crippen LogP contribution in [0.1, 0.15) is 22.3 Å². The van der Waals surface area contributed by atoms with E-state index in [1.54, 1.807) is 0 Å². The van der Waals surface area contributed by atoms with Crippen LogP contribution in [0.3, 0.4) is 0 Å². The van der Waals surface area contributed by atoms with Crippen LogP contribution in [0.25, 0.3) is 118 Å². The van der Waals surface area contributed by atoms with Crippen molar-refractivity contribution in [2.45, 2.75) is 5.41 Å². The maximum absolute atomic E-state index is 2.60. The quantitative estimate of drug-likeness (QED) is 0.159. The fourth-order valence-electron chi connectivity index (χ4n) is 13.9. The summed E-state index contributed by atoms with van der Waals surface area (Å²) in [4.78, 5) is 2.60. The normalized spacial score (nSPS) is 13.2. The van der Waals surface area contributed by atoms with E-state index in [1.165, 1.54) is 140 Å². The molecule has 0 bridgehead atoms. The predicted molar refractivity (Wildman–Crippen MR) is 321 cm³/mol. The minimum atomic E-state index is -0.539. The number of benzene rings is 14. The van der Waals surface area contributed by atoms with Crippen LogP contribution in [0, 0.1) is 0 Å². The Labute approximate surface area is 437 Å². The molecule has 0 unspecified atom stereocenters. The average Bonchev–Trinajstić information content (AvgIpc) is 4.30. The first-order valence-corrected chi connectivity index (χ1v) is 26.9. The molecule has 2 aliphatic carbocycles. The molecule has 0 aliphatic heterocycles. The molecule has 75 heavy (non-hydrogen) atoms. The van der Waals surface area contributed by atoms with Crippen LogP contribution in [0.15, 0.2) is 261 Å². The molecule has 0 atom stereocenters. The van der Waals surface area contributed by atoms with Gasteiger partial charge in [0.15, 0.2) is 0 Å². The van der Waals surface area contributed by atoms with Crippen LogP contribution in [-0.4, -0.2) is 0 Å². The van der Waals surface area contributed by atoms with Gasteiger partial charge in [0, 0.05) is 37.1 Å². The highest BCUT2D eigenvalue weighted by molar-refractivity contribution is 7.25. The lowest BCUT2D eigenvalue weighted by Gasteiger charge is -2.33. The second kappa shape index (κ2) is 15.3. The van der Waals surface area contributed by atoms with E-state index in [9.17, 15) is 0 Å². The fourth-order valence-corrected chi connectivity index (χ4v) is 15.0. The Kier molecular flexibility index (Phi) is 8.43. The SMILES string of the molecule is c1ccc2c(c1)-c1ccccc1C21c2ccccc2-c2cc(-c3ccc4sc5ccccc5c4c3)c(N(c3ccc4c5ccccc5c5ccccc5c4c3)c3ccc4c5ccccc5c5ccccc5c4c3)cc21. The van der Waals surface area contributed by atoms with E-state index < -0.39 is 5.41 Å². The maximum atomic E-state index is 2.60. The molecule has 14 aromatic carbocycles. The van der Waals surface area contributed by atoms with E-state index in [1.807, 2.05) is 11.3 Å². The van der Waals surface area contributed by atoms with E-state index in [0.717, 1.165) is 17.1 Å². The zero-order valence-electron chi connectivity index (χ0n) is 40.7. The average molecular weight is 966 g/mol. The summed E-state index contributed by atoms with van der Waals surface area (Å²) in [5.74, 6) is 0. The van der Waals surface area contributed by atoms with E-state index in [2.05, 4.69) is 266 Å². The van der Waals surface area contributed by atoms with Gasteiger partial charge in [0.1, 0.15) is 0 Å². The van der Waals surface area contributed by atoms with Crippen LogP contribution in [0.4, 0.5) is 17.1 Å². The van der Waals surface area contributed by atoms with Crippen molar-refractivity contribution in [2.75, 3.05) is 4.90 Å². The number of thiophene rings is 1. The highest BCUT2D eigenvalue weighted by Crippen LogP contribution is 2.64. The Hall–Kier alpha value is -9.34. The van der Waals surface area contributed by atoms with Gasteiger partial charge in [0.2, 0.25) is 0 Å². The van der Waals surface area contributed by atoms with Crippen molar-refractivity contribution in [1.82, 2.24) is 0 Å². The molecule has 1 aromatic heterocycles. The molecule has 1 heterocycles. The number of hydrogen-bond acceptors (Lipinski definition) is 2. The van der Waals surface area contributed by atoms with Gasteiger partial charge in [-0.25, -0.2) is 0 Å². The number of hydrogen-bond donors (Lipinski definition) is 0. The number of fused-ring (bicyclic) bond motifs is 25. The number of rotatable bonds is 4. The summed E-state index contributed by atoms with van der Waals surface area (Å²) in [5, 5.41) is 17.7. The Morgan fingerprint density at radius 1 is 0.240 bits per heavy atom. The lowest BCUT2D eigenvalue weighted by atomic mass is 9.70. The molecule has 0 saturated carbocycles. The largest absolute Gasteiger partial charge is 0.310 e.